The number of carbonyl (C=O) groups is 1. The summed E-state index contributed by atoms with van der Waals surface area (Å²) in [6.07, 6.45) is 1.35. The number of nitro groups is 1. The minimum Gasteiger partial charge on any atom is -0.447 e. The molecule has 4 rings (SSSR count). The van der Waals surface area contributed by atoms with E-state index in [1.54, 1.807) is 36.4 Å². The van der Waals surface area contributed by atoms with Gasteiger partial charge in [0.25, 0.3) is 11.6 Å². The Morgan fingerprint density at radius 1 is 1.06 bits per heavy atom. The van der Waals surface area contributed by atoms with Crippen molar-refractivity contribution < 1.29 is 14.1 Å². The molecule has 2 aromatic carbocycles. The number of hydrogen-bond donors (Lipinski definition) is 1. The van der Waals surface area contributed by atoms with Crippen LogP contribution in [0.4, 0.5) is 11.4 Å². The molecule has 0 aliphatic carbocycles. The highest BCUT2D eigenvalue weighted by Gasteiger charge is 2.22. The first-order valence-electron chi connectivity index (χ1n) is 10.2. The number of oxazole rings is 1. The summed E-state index contributed by atoms with van der Waals surface area (Å²) in [5.41, 5.74) is 1.71. The third kappa shape index (κ3) is 5.50. The maximum Gasteiger partial charge on any atom is 0.277 e. The fraction of sp³-hybridized carbons (Fsp3) is 0.273. The van der Waals surface area contributed by atoms with Gasteiger partial charge in [-0.15, -0.1) is 0 Å². The Morgan fingerprint density at radius 3 is 2.41 bits per heavy atom. The number of para-hydroxylation sites is 1. The number of hydrogen-bond acceptors (Lipinski definition) is 7. The van der Waals surface area contributed by atoms with E-state index in [1.807, 2.05) is 6.07 Å². The van der Waals surface area contributed by atoms with E-state index >= 15 is 0 Å². The number of nitrogens with zero attached hydrogens (tertiary/aromatic N) is 4. The molecule has 0 radical (unpaired) electrons. The molecule has 1 aliphatic heterocycles. The molecule has 1 aromatic heterocycles. The van der Waals surface area contributed by atoms with Gasteiger partial charge in [-0.25, -0.2) is 4.98 Å². The van der Waals surface area contributed by atoms with Gasteiger partial charge in [-0.1, -0.05) is 29.8 Å². The molecular weight excluding hydrogens is 434 g/mol. The number of nitrogens with one attached hydrogen (secondary N) is 1. The summed E-state index contributed by atoms with van der Waals surface area (Å²) in [4.78, 5) is 31.9. The molecule has 1 N–H and O–H groups in total. The van der Waals surface area contributed by atoms with E-state index in [2.05, 4.69) is 20.1 Å². The highest BCUT2D eigenvalue weighted by atomic mass is 35.5. The van der Waals surface area contributed by atoms with Crippen molar-refractivity contribution in [1.29, 1.82) is 0 Å². The second-order valence-corrected chi connectivity index (χ2v) is 7.96. The molecular formula is C22H22ClN5O4. The standard InChI is InChI=1S/C22H22ClN5O4/c23-17-5-7-18(8-6-17)24-22(29)19-15-32-21(25-19)14-27-11-9-26(10-12-27)13-16-3-1-2-4-20(16)28(30)31/h1-8,15H,9-14H2,(H,24,29). The van der Waals surface area contributed by atoms with Crippen LogP contribution in [0.1, 0.15) is 21.9 Å². The smallest absolute Gasteiger partial charge is 0.277 e. The van der Waals surface area contributed by atoms with Crippen LogP contribution < -0.4 is 5.32 Å². The van der Waals surface area contributed by atoms with E-state index in [1.165, 1.54) is 12.3 Å². The Bertz CT molecular complexity index is 1090. The third-order valence-corrected chi connectivity index (χ3v) is 5.54. The van der Waals surface area contributed by atoms with Crippen molar-refractivity contribution in [3.05, 3.63) is 87.1 Å². The maximum atomic E-state index is 12.4. The summed E-state index contributed by atoms with van der Waals surface area (Å²) in [5.74, 6) is 0.120. The van der Waals surface area contributed by atoms with E-state index in [0.717, 1.165) is 31.7 Å². The van der Waals surface area contributed by atoms with Crippen LogP contribution in [0.5, 0.6) is 0 Å². The zero-order valence-electron chi connectivity index (χ0n) is 17.2. The summed E-state index contributed by atoms with van der Waals surface area (Å²) < 4.78 is 5.49. The van der Waals surface area contributed by atoms with Crippen molar-refractivity contribution in [3.63, 3.8) is 0 Å². The topological polar surface area (TPSA) is 105 Å². The fourth-order valence-corrected chi connectivity index (χ4v) is 3.70. The van der Waals surface area contributed by atoms with E-state index in [-0.39, 0.29) is 22.2 Å². The van der Waals surface area contributed by atoms with Crippen LogP contribution in [-0.2, 0) is 13.1 Å². The SMILES string of the molecule is O=C(Nc1ccc(Cl)cc1)c1coc(CN2CCN(Cc3ccccc3[N+](=O)[O-])CC2)n1. The summed E-state index contributed by atoms with van der Waals surface area (Å²) in [5, 5.41) is 14.6. The van der Waals surface area contributed by atoms with Crippen molar-refractivity contribution in [1.82, 2.24) is 14.8 Å². The summed E-state index contributed by atoms with van der Waals surface area (Å²) in [6, 6.07) is 13.7. The van der Waals surface area contributed by atoms with Crippen molar-refractivity contribution in [2.24, 2.45) is 0 Å². The minimum atomic E-state index is -0.350. The molecule has 0 atom stereocenters. The fourth-order valence-electron chi connectivity index (χ4n) is 3.58. The number of aromatic nitrogens is 1. The van der Waals surface area contributed by atoms with Crippen molar-refractivity contribution in [2.75, 3.05) is 31.5 Å². The lowest BCUT2D eigenvalue weighted by Gasteiger charge is -2.33. The second-order valence-electron chi connectivity index (χ2n) is 7.53. The van der Waals surface area contributed by atoms with Gasteiger partial charge in [-0.2, -0.15) is 0 Å². The molecule has 2 heterocycles. The zero-order valence-corrected chi connectivity index (χ0v) is 18.0. The average Bonchev–Trinajstić information content (AvgIpc) is 3.26. The van der Waals surface area contributed by atoms with Gasteiger partial charge >= 0.3 is 0 Å². The highest BCUT2D eigenvalue weighted by molar-refractivity contribution is 6.30. The van der Waals surface area contributed by atoms with Crippen LogP contribution in [0.15, 0.2) is 59.2 Å². The van der Waals surface area contributed by atoms with Crippen LogP contribution in [0.25, 0.3) is 0 Å². The molecule has 32 heavy (non-hydrogen) atoms. The Balaban J connectivity index is 1.28. The first kappa shape index (κ1) is 21.9. The molecule has 1 aliphatic rings. The quantitative estimate of drug-likeness (QED) is 0.426. The molecule has 1 saturated heterocycles. The van der Waals surface area contributed by atoms with Crippen molar-refractivity contribution >= 4 is 28.9 Å². The predicted octanol–water partition coefficient (Wildman–Crippen LogP) is 3.81. The number of halogens is 1. The van der Waals surface area contributed by atoms with Gasteiger partial charge in [-0.05, 0) is 24.3 Å². The number of piperazine rings is 1. The summed E-state index contributed by atoms with van der Waals surface area (Å²) in [7, 11) is 0. The second kappa shape index (κ2) is 9.90. The summed E-state index contributed by atoms with van der Waals surface area (Å²) in [6.45, 7) is 4.13. The number of anilines is 1. The lowest BCUT2D eigenvalue weighted by molar-refractivity contribution is -0.385. The summed E-state index contributed by atoms with van der Waals surface area (Å²) >= 11 is 5.86. The molecule has 9 nitrogen and oxygen atoms in total. The largest absolute Gasteiger partial charge is 0.447 e. The van der Waals surface area contributed by atoms with E-state index in [0.29, 0.717) is 29.7 Å². The van der Waals surface area contributed by atoms with Crippen LogP contribution >= 0.6 is 11.6 Å². The monoisotopic (exact) mass is 455 g/mol. The molecule has 0 spiro atoms. The molecule has 0 unspecified atom stereocenters. The third-order valence-electron chi connectivity index (χ3n) is 5.29. The van der Waals surface area contributed by atoms with Gasteiger partial charge in [-0.3, -0.25) is 24.7 Å². The first-order chi connectivity index (χ1) is 15.5. The zero-order chi connectivity index (χ0) is 22.5. The van der Waals surface area contributed by atoms with Gasteiger partial charge in [0.2, 0.25) is 5.89 Å². The maximum absolute atomic E-state index is 12.4. The van der Waals surface area contributed by atoms with Crippen molar-refractivity contribution in [2.45, 2.75) is 13.1 Å². The number of benzene rings is 2. The van der Waals surface area contributed by atoms with E-state index in [4.69, 9.17) is 16.0 Å². The Morgan fingerprint density at radius 2 is 1.72 bits per heavy atom. The predicted molar refractivity (Wildman–Crippen MR) is 120 cm³/mol. The van der Waals surface area contributed by atoms with Crippen molar-refractivity contribution in [3.8, 4) is 0 Å². The Labute approximate surface area is 189 Å². The van der Waals surface area contributed by atoms with Gasteiger partial charge in [0, 0.05) is 55.1 Å². The van der Waals surface area contributed by atoms with Gasteiger partial charge in [0.15, 0.2) is 5.69 Å². The first-order valence-corrected chi connectivity index (χ1v) is 10.5. The van der Waals surface area contributed by atoms with Crippen LogP contribution in [0.2, 0.25) is 5.02 Å². The lowest BCUT2D eigenvalue weighted by Crippen LogP contribution is -2.45. The highest BCUT2D eigenvalue weighted by Crippen LogP contribution is 2.21. The Hall–Kier alpha value is -3.27. The molecule has 3 aromatic rings. The molecule has 0 bridgehead atoms. The number of nitro benzene ring substituents is 1. The van der Waals surface area contributed by atoms with Gasteiger partial charge in [0.05, 0.1) is 11.5 Å². The Kier molecular flexibility index (Phi) is 6.79. The molecule has 1 amide bonds. The van der Waals surface area contributed by atoms with Crippen LogP contribution in [-0.4, -0.2) is 51.8 Å². The number of amides is 1. The number of rotatable bonds is 7. The normalized spacial score (nSPS) is 14.9. The van der Waals surface area contributed by atoms with Crippen LogP contribution in [0.3, 0.4) is 0 Å². The average molecular weight is 456 g/mol. The molecule has 10 heteroatoms. The molecule has 1 fully saturated rings. The number of carbonyl (C=O) groups excluding carboxylic acids is 1. The van der Waals surface area contributed by atoms with Crippen LogP contribution in [0, 0.1) is 10.1 Å². The molecule has 0 saturated carbocycles. The minimum absolute atomic E-state index is 0.152. The molecule has 166 valence electrons. The lowest BCUT2D eigenvalue weighted by atomic mass is 10.1. The van der Waals surface area contributed by atoms with E-state index < -0.39 is 0 Å². The van der Waals surface area contributed by atoms with E-state index in [9.17, 15) is 14.9 Å². The van der Waals surface area contributed by atoms with Gasteiger partial charge < -0.3 is 9.73 Å². The van der Waals surface area contributed by atoms with Gasteiger partial charge in [0.1, 0.15) is 6.26 Å².